The lowest BCUT2D eigenvalue weighted by molar-refractivity contribution is 0.102. The van der Waals surface area contributed by atoms with Crippen molar-refractivity contribution in [3.05, 3.63) is 52.7 Å². The second kappa shape index (κ2) is 8.86. The standard InChI is InChI=1S/C20H23N5OS.ClH/c1-13-5-6-15(10-14(13)2)18-12-27-20(22-18)23-19(26)17-7-9-25(24-17)16-4-3-8-21-11-16;/h5-7,9-10,12,16,21H,3-4,8,11H2,1-2H3,(H,22,23,26);1H. The molecule has 1 aliphatic heterocycles. The molecule has 28 heavy (non-hydrogen) atoms. The van der Waals surface area contributed by atoms with E-state index in [2.05, 4.69) is 52.8 Å². The third-order valence-corrected chi connectivity index (χ3v) is 5.77. The Morgan fingerprint density at radius 3 is 2.89 bits per heavy atom. The molecule has 1 atom stereocenters. The fraction of sp³-hybridized carbons (Fsp3) is 0.350. The molecule has 1 fully saturated rings. The monoisotopic (exact) mass is 417 g/mol. The molecule has 0 aliphatic carbocycles. The van der Waals surface area contributed by atoms with E-state index in [0.29, 0.717) is 16.9 Å². The van der Waals surface area contributed by atoms with E-state index >= 15 is 0 Å². The first-order valence-corrected chi connectivity index (χ1v) is 10.1. The van der Waals surface area contributed by atoms with Crippen LogP contribution in [-0.4, -0.2) is 33.8 Å². The molecule has 1 saturated heterocycles. The van der Waals surface area contributed by atoms with Gasteiger partial charge in [-0.05, 0) is 56.5 Å². The molecule has 148 valence electrons. The Balaban J connectivity index is 0.00000225. The Bertz CT molecular complexity index is 961. The van der Waals surface area contributed by atoms with E-state index in [1.807, 2.05) is 16.3 Å². The molecule has 3 heterocycles. The molecular formula is C20H24ClN5OS. The van der Waals surface area contributed by atoms with Crippen molar-refractivity contribution in [2.45, 2.75) is 32.7 Å². The minimum Gasteiger partial charge on any atom is -0.315 e. The van der Waals surface area contributed by atoms with E-state index in [1.165, 1.54) is 22.5 Å². The summed E-state index contributed by atoms with van der Waals surface area (Å²) < 4.78 is 1.89. The molecule has 3 aromatic rings. The summed E-state index contributed by atoms with van der Waals surface area (Å²) in [5.41, 5.74) is 4.84. The number of hydrogen-bond donors (Lipinski definition) is 2. The summed E-state index contributed by atoms with van der Waals surface area (Å²) in [5.74, 6) is -0.224. The number of carbonyl (C=O) groups excluding carboxylic acids is 1. The lowest BCUT2D eigenvalue weighted by atomic mass is 10.1. The third kappa shape index (κ3) is 4.43. The average Bonchev–Trinajstić information content (AvgIpc) is 3.34. The molecular weight excluding hydrogens is 394 g/mol. The van der Waals surface area contributed by atoms with Crippen LogP contribution in [0.3, 0.4) is 0 Å². The minimum atomic E-state index is -0.224. The Morgan fingerprint density at radius 2 is 2.14 bits per heavy atom. The maximum absolute atomic E-state index is 12.5. The first-order chi connectivity index (χ1) is 13.1. The van der Waals surface area contributed by atoms with Crippen molar-refractivity contribution in [3.8, 4) is 11.3 Å². The normalized spacial score (nSPS) is 16.4. The van der Waals surface area contributed by atoms with Gasteiger partial charge >= 0.3 is 0 Å². The maximum Gasteiger partial charge on any atom is 0.277 e. The van der Waals surface area contributed by atoms with Crippen molar-refractivity contribution in [1.29, 1.82) is 0 Å². The number of rotatable bonds is 4. The summed E-state index contributed by atoms with van der Waals surface area (Å²) >= 11 is 1.42. The lowest BCUT2D eigenvalue weighted by Crippen LogP contribution is -2.32. The molecule has 2 aromatic heterocycles. The summed E-state index contributed by atoms with van der Waals surface area (Å²) in [7, 11) is 0. The average molecular weight is 418 g/mol. The van der Waals surface area contributed by atoms with Crippen molar-refractivity contribution < 1.29 is 4.79 Å². The summed E-state index contributed by atoms with van der Waals surface area (Å²) in [5, 5.41) is 13.2. The van der Waals surface area contributed by atoms with E-state index in [0.717, 1.165) is 37.2 Å². The van der Waals surface area contributed by atoms with E-state index < -0.39 is 0 Å². The van der Waals surface area contributed by atoms with Gasteiger partial charge in [0.05, 0.1) is 11.7 Å². The van der Waals surface area contributed by atoms with Gasteiger partial charge in [-0.2, -0.15) is 5.10 Å². The van der Waals surface area contributed by atoms with Crippen molar-refractivity contribution in [2.75, 3.05) is 18.4 Å². The summed E-state index contributed by atoms with van der Waals surface area (Å²) in [6.07, 6.45) is 4.10. The van der Waals surface area contributed by atoms with Crippen LogP contribution in [0.5, 0.6) is 0 Å². The highest BCUT2D eigenvalue weighted by atomic mass is 35.5. The van der Waals surface area contributed by atoms with Crippen molar-refractivity contribution in [3.63, 3.8) is 0 Å². The zero-order valence-corrected chi connectivity index (χ0v) is 17.6. The number of carbonyl (C=O) groups is 1. The Morgan fingerprint density at radius 1 is 1.29 bits per heavy atom. The quantitative estimate of drug-likeness (QED) is 0.666. The maximum atomic E-state index is 12.5. The molecule has 1 unspecified atom stereocenters. The number of benzene rings is 1. The van der Waals surface area contributed by atoms with Gasteiger partial charge in [-0.25, -0.2) is 4.98 Å². The number of piperidine rings is 1. The lowest BCUT2D eigenvalue weighted by Gasteiger charge is -2.22. The van der Waals surface area contributed by atoms with Crippen LogP contribution in [0.25, 0.3) is 11.3 Å². The second-order valence-corrected chi connectivity index (χ2v) is 7.83. The number of nitrogens with one attached hydrogen (secondary N) is 2. The molecule has 0 bridgehead atoms. The van der Waals surface area contributed by atoms with Crippen LogP contribution in [0.15, 0.2) is 35.8 Å². The first-order valence-electron chi connectivity index (χ1n) is 9.20. The van der Waals surface area contributed by atoms with E-state index in [-0.39, 0.29) is 18.3 Å². The molecule has 0 saturated carbocycles. The molecule has 1 aliphatic rings. The van der Waals surface area contributed by atoms with Crippen LogP contribution < -0.4 is 10.6 Å². The second-order valence-electron chi connectivity index (χ2n) is 6.97. The molecule has 1 aromatic carbocycles. The van der Waals surface area contributed by atoms with Crippen molar-refractivity contribution in [1.82, 2.24) is 20.1 Å². The van der Waals surface area contributed by atoms with Crippen molar-refractivity contribution in [2.24, 2.45) is 0 Å². The largest absolute Gasteiger partial charge is 0.315 e. The molecule has 0 radical (unpaired) electrons. The number of anilines is 1. The van der Waals surface area contributed by atoms with E-state index in [4.69, 9.17) is 0 Å². The summed E-state index contributed by atoms with van der Waals surface area (Å²) in [6, 6.07) is 8.35. The molecule has 8 heteroatoms. The SMILES string of the molecule is Cc1ccc(-c2csc(NC(=O)c3ccn(C4CCCNC4)n3)n2)cc1C.Cl. The molecule has 2 N–H and O–H groups in total. The number of amides is 1. The van der Waals surface area contributed by atoms with Crippen LogP contribution in [0.2, 0.25) is 0 Å². The van der Waals surface area contributed by atoms with Gasteiger partial charge in [0, 0.05) is 23.7 Å². The van der Waals surface area contributed by atoms with Gasteiger partial charge in [-0.15, -0.1) is 23.7 Å². The minimum absolute atomic E-state index is 0. The van der Waals surface area contributed by atoms with Gasteiger partial charge in [0.2, 0.25) is 0 Å². The first kappa shape index (κ1) is 20.5. The predicted octanol–water partition coefficient (Wildman–Crippen LogP) is 4.22. The van der Waals surface area contributed by atoms with Gasteiger partial charge < -0.3 is 5.32 Å². The number of aromatic nitrogens is 3. The van der Waals surface area contributed by atoms with Crippen LogP contribution in [0, 0.1) is 13.8 Å². The van der Waals surface area contributed by atoms with Gasteiger partial charge in [0.15, 0.2) is 10.8 Å². The van der Waals surface area contributed by atoms with Gasteiger partial charge in [-0.3, -0.25) is 14.8 Å². The van der Waals surface area contributed by atoms with Gasteiger partial charge in [-0.1, -0.05) is 12.1 Å². The van der Waals surface area contributed by atoms with Crippen LogP contribution in [-0.2, 0) is 0 Å². The van der Waals surface area contributed by atoms with Crippen LogP contribution in [0.1, 0.15) is 40.5 Å². The highest BCUT2D eigenvalue weighted by Gasteiger charge is 2.18. The molecule has 0 spiro atoms. The Hall–Kier alpha value is -2.22. The summed E-state index contributed by atoms with van der Waals surface area (Å²) in [6.45, 7) is 6.13. The highest BCUT2D eigenvalue weighted by Crippen LogP contribution is 2.26. The smallest absolute Gasteiger partial charge is 0.277 e. The van der Waals surface area contributed by atoms with Crippen LogP contribution >= 0.6 is 23.7 Å². The molecule has 4 rings (SSSR count). The summed E-state index contributed by atoms with van der Waals surface area (Å²) in [4.78, 5) is 17.1. The van der Waals surface area contributed by atoms with E-state index in [9.17, 15) is 4.79 Å². The third-order valence-electron chi connectivity index (χ3n) is 5.01. The zero-order valence-electron chi connectivity index (χ0n) is 15.9. The van der Waals surface area contributed by atoms with Crippen molar-refractivity contribution >= 4 is 34.8 Å². The highest BCUT2D eigenvalue weighted by molar-refractivity contribution is 7.14. The Kier molecular flexibility index (Phi) is 6.49. The van der Waals surface area contributed by atoms with Gasteiger partial charge in [0.25, 0.3) is 5.91 Å². The van der Waals surface area contributed by atoms with E-state index in [1.54, 1.807) is 6.07 Å². The fourth-order valence-corrected chi connectivity index (χ4v) is 3.96. The van der Waals surface area contributed by atoms with Crippen LogP contribution in [0.4, 0.5) is 5.13 Å². The predicted molar refractivity (Wildman–Crippen MR) is 116 cm³/mol. The number of hydrogen-bond acceptors (Lipinski definition) is 5. The Labute approximate surface area is 174 Å². The molecule has 1 amide bonds. The number of aryl methyl sites for hydroxylation is 2. The topological polar surface area (TPSA) is 71.8 Å². The fourth-order valence-electron chi connectivity index (χ4n) is 3.25. The number of nitrogens with zero attached hydrogens (tertiary/aromatic N) is 3. The van der Waals surface area contributed by atoms with Gasteiger partial charge in [0.1, 0.15) is 0 Å². The number of thiazole rings is 1. The number of halogens is 1. The zero-order chi connectivity index (χ0) is 18.8. The molecule has 6 nitrogen and oxygen atoms in total.